The Bertz CT molecular complexity index is 970. The second kappa shape index (κ2) is 7.52. The molecule has 0 saturated heterocycles. The minimum Gasteiger partial charge on any atom is -0.260 e. The number of benzene rings is 2. The van der Waals surface area contributed by atoms with E-state index >= 15 is 0 Å². The highest BCUT2D eigenvalue weighted by atomic mass is 35.5. The summed E-state index contributed by atoms with van der Waals surface area (Å²) < 4.78 is 38.0. The van der Waals surface area contributed by atoms with Crippen molar-refractivity contribution in [3.05, 3.63) is 74.9 Å². The van der Waals surface area contributed by atoms with Crippen LogP contribution in [-0.2, 0) is 9.63 Å². The summed E-state index contributed by atoms with van der Waals surface area (Å²) in [5.74, 6) is -1.09. The van der Waals surface area contributed by atoms with Crippen LogP contribution >= 0.6 is 34.8 Å². The number of amides is 1. The highest BCUT2D eigenvalue weighted by molar-refractivity contribution is 6.36. The van der Waals surface area contributed by atoms with Crippen molar-refractivity contribution in [3.63, 3.8) is 0 Å². The number of nitrogens with one attached hydrogen (secondary N) is 1. The number of halogens is 6. The molecule has 0 aliphatic carbocycles. The summed E-state index contributed by atoms with van der Waals surface area (Å²) in [6.07, 6.45) is -3.60. The summed E-state index contributed by atoms with van der Waals surface area (Å²) in [7, 11) is 0. The lowest BCUT2D eigenvalue weighted by atomic mass is 10.0. The van der Waals surface area contributed by atoms with E-state index in [0.717, 1.165) is 0 Å². The van der Waals surface area contributed by atoms with Crippen LogP contribution in [0.5, 0.6) is 0 Å². The number of hydrogen-bond acceptors (Lipinski definition) is 2. The lowest BCUT2D eigenvalue weighted by Gasteiger charge is -2.17. The van der Waals surface area contributed by atoms with Crippen LogP contribution < -0.4 is 5.48 Å². The van der Waals surface area contributed by atoms with Gasteiger partial charge in [-0.1, -0.05) is 34.8 Å². The van der Waals surface area contributed by atoms with Crippen molar-refractivity contribution in [2.24, 2.45) is 0 Å². The Morgan fingerprint density at radius 2 is 1.63 bits per heavy atom. The average molecular weight is 437 g/mol. The SMILES string of the molecule is O=C(NOC(F)(F)F)C1=CC(c2ccc(Cl)cc2)=[N+]1c1ccc(Cl)cc1Cl. The Morgan fingerprint density at radius 1 is 1.00 bits per heavy atom. The number of hydrogen-bond donors (Lipinski definition) is 1. The third-order valence-electron chi connectivity index (χ3n) is 3.54. The third-order valence-corrected chi connectivity index (χ3v) is 4.33. The third kappa shape index (κ3) is 4.44. The molecule has 0 unspecified atom stereocenters. The number of hydroxylamine groups is 1. The van der Waals surface area contributed by atoms with Gasteiger partial charge in [0.05, 0.1) is 6.08 Å². The standard InChI is InChI=1S/C17H8Cl3F3N2O2/c18-10-3-1-9(2-4-10)14-8-15(16(26)24-27-17(21,22)23)25(14)13-6-5-11(19)7-12(13)20/h1-8H/p+1. The largest absolute Gasteiger partial charge is 0.543 e. The zero-order valence-corrected chi connectivity index (χ0v) is 15.4. The van der Waals surface area contributed by atoms with Crippen LogP contribution in [0.3, 0.4) is 0 Å². The van der Waals surface area contributed by atoms with Crippen LogP contribution in [0.1, 0.15) is 5.56 Å². The highest BCUT2D eigenvalue weighted by Gasteiger charge is 2.41. The first-order chi connectivity index (χ1) is 12.7. The topological polar surface area (TPSA) is 41.3 Å². The highest BCUT2D eigenvalue weighted by Crippen LogP contribution is 2.34. The van der Waals surface area contributed by atoms with Gasteiger partial charge in [-0.2, -0.15) is 4.84 Å². The quantitative estimate of drug-likeness (QED) is 0.526. The van der Waals surface area contributed by atoms with Crippen LogP contribution in [0.25, 0.3) is 0 Å². The van der Waals surface area contributed by atoms with Gasteiger partial charge in [-0.3, -0.25) is 4.79 Å². The second-order valence-corrected chi connectivity index (χ2v) is 6.61. The summed E-state index contributed by atoms with van der Waals surface area (Å²) in [5.41, 5.74) is 2.85. The fourth-order valence-electron chi connectivity index (χ4n) is 2.40. The Labute approximate surface area is 166 Å². The smallest absolute Gasteiger partial charge is 0.260 e. The number of carbonyl (C=O) groups is 1. The van der Waals surface area contributed by atoms with Crippen molar-refractivity contribution in [1.29, 1.82) is 0 Å². The molecule has 0 saturated carbocycles. The number of carbonyl (C=O) groups excluding carboxylic acids is 1. The maximum atomic E-state index is 12.2. The Hall–Kier alpha value is -2.06. The molecule has 0 bridgehead atoms. The molecule has 27 heavy (non-hydrogen) atoms. The van der Waals surface area contributed by atoms with Crippen LogP contribution in [0, 0.1) is 0 Å². The van der Waals surface area contributed by atoms with Crippen LogP contribution in [0.4, 0.5) is 18.9 Å². The summed E-state index contributed by atoms with van der Waals surface area (Å²) in [6.45, 7) is 0. The maximum absolute atomic E-state index is 12.2. The molecule has 3 rings (SSSR count). The van der Waals surface area contributed by atoms with Gasteiger partial charge in [0, 0.05) is 21.7 Å². The predicted molar refractivity (Wildman–Crippen MR) is 95.3 cm³/mol. The molecule has 0 spiro atoms. The van der Waals surface area contributed by atoms with E-state index in [2.05, 4.69) is 4.84 Å². The van der Waals surface area contributed by atoms with Crippen molar-refractivity contribution in [2.45, 2.75) is 6.36 Å². The summed E-state index contributed by atoms with van der Waals surface area (Å²) in [4.78, 5) is 15.5. The van der Waals surface area contributed by atoms with Gasteiger partial charge in [-0.05, 0) is 36.4 Å². The van der Waals surface area contributed by atoms with Gasteiger partial charge < -0.3 is 0 Å². The van der Waals surface area contributed by atoms with Crippen molar-refractivity contribution in [2.75, 3.05) is 0 Å². The van der Waals surface area contributed by atoms with E-state index in [9.17, 15) is 18.0 Å². The molecule has 10 heteroatoms. The lowest BCUT2D eigenvalue weighted by molar-refractivity contribution is -0.393. The van der Waals surface area contributed by atoms with E-state index in [-0.39, 0.29) is 10.7 Å². The van der Waals surface area contributed by atoms with E-state index in [1.807, 2.05) is 0 Å². The number of allylic oxidation sites excluding steroid dienone is 1. The van der Waals surface area contributed by atoms with Crippen LogP contribution in [0.15, 0.2) is 54.2 Å². The zero-order valence-electron chi connectivity index (χ0n) is 13.2. The van der Waals surface area contributed by atoms with Gasteiger partial charge >= 0.3 is 12.3 Å². The van der Waals surface area contributed by atoms with E-state index in [0.29, 0.717) is 27.0 Å². The molecule has 2 aromatic rings. The Morgan fingerprint density at radius 3 is 2.22 bits per heavy atom. The van der Waals surface area contributed by atoms with E-state index in [4.69, 9.17) is 34.8 Å². The van der Waals surface area contributed by atoms with E-state index in [1.54, 1.807) is 36.4 Å². The fraction of sp³-hybridized carbons (Fsp3) is 0.0588. The molecule has 1 aliphatic heterocycles. The number of nitrogens with zero attached hydrogens (tertiary/aromatic N) is 1. The van der Waals surface area contributed by atoms with Gasteiger partial charge in [-0.25, -0.2) is 5.48 Å². The van der Waals surface area contributed by atoms with Gasteiger partial charge in [0.2, 0.25) is 11.4 Å². The lowest BCUT2D eigenvalue weighted by Crippen LogP contribution is -2.39. The molecule has 1 amide bonds. The Kier molecular flexibility index (Phi) is 5.48. The first-order valence-electron chi connectivity index (χ1n) is 7.30. The number of alkyl halides is 3. The molecule has 140 valence electrons. The zero-order chi connectivity index (χ0) is 19.8. The van der Waals surface area contributed by atoms with Gasteiger partial charge in [0.25, 0.3) is 5.70 Å². The Balaban J connectivity index is 1.99. The van der Waals surface area contributed by atoms with Crippen molar-refractivity contribution in [3.8, 4) is 0 Å². The maximum Gasteiger partial charge on any atom is 0.543 e. The van der Waals surface area contributed by atoms with E-state index < -0.39 is 12.3 Å². The molecular formula is C17H9Cl3F3N2O2+. The van der Waals surface area contributed by atoms with Crippen LogP contribution in [-0.4, -0.2) is 22.6 Å². The number of rotatable bonds is 4. The van der Waals surface area contributed by atoms with Crippen molar-refractivity contribution < 1.29 is 27.4 Å². The average Bonchev–Trinajstić information content (AvgIpc) is 2.56. The van der Waals surface area contributed by atoms with Gasteiger partial charge in [-0.15, -0.1) is 17.7 Å². The molecule has 0 aromatic heterocycles. The molecule has 1 N–H and O–H groups in total. The normalized spacial score (nSPS) is 13.9. The molecular weight excluding hydrogens is 428 g/mol. The molecule has 1 aliphatic rings. The molecule has 2 aromatic carbocycles. The molecule has 0 atom stereocenters. The molecule has 1 heterocycles. The first kappa shape index (κ1) is 19.7. The molecule has 4 nitrogen and oxygen atoms in total. The fourth-order valence-corrected chi connectivity index (χ4v) is 3.02. The monoisotopic (exact) mass is 435 g/mol. The molecule has 0 radical (unpaired) electrons. The second-order valence-electron chi connectivity index (χ2n) is 5.33. The van der Waals surface area contributed by atoms with Crippen molar-refractivity contribution in [1.82, 2.24) is 5.48 Å². The predicted octanol–water partition coefficient (Wildman–Crippen LogP) is 5.25. The summed E-state index contributed by atoms with van der Waals surface area (Å²) >= 11 is 18.0. The van der Waals surface area contributed by atoms with E-state index in [1.165, 1.54) is 22.2 Å². The first-order valence-corrected chi connectivity index (χ1v) is 8.44. The summed E-state index contributed by atoms with van der Waals surface area (Å²) in [6, 6.07) is 11.2. The van der Waals surface area contributed by atoms with Crippen LogP contribution in [0.2, 0.25) is 15.1 Å². The minimum absolute atomic E-state index is 0.0894. The minimum atomic E-state index is -5.01. The van der Waals surface area contributed by atoms with Gasteiger partial charge in [0.1, 0.15) is 5.02 Å². The van der Waals surface area contributed by atoms with Crippen molar-refractivity contribution >= 4 is 52.1 Å². The molecule has 0 fully saturated rings. The van der Waals surface area contributed by atoms with Gasteiger partial charge in [0.15, 0.2) is 0 Å². The summed E-state index contributed by atoms with van der Waals surface area (Å²) in [5, 5.41) is 1.09.